The molecule has 0 spiro atoms. The number of aromatic amines is 1. The van der Waals surface area contributed by atoms with Gasteiger partial charge >= 0.3 is 0 Å². The zero-order valence-corrected chi connectivity index (χ0v) is 10.7. The molecule has 0 aliphatic heterocycles. The molecular formula is C14H17N3O. The van der Waals surface area contributed by atoms with Crippen molar-refractivity contribution in [3.05, 3.63) is 52.8 Å². The van der Waals surface area contributed by atoms with Gasteiger partial charge in [0, 0.05) is 23.4 Å². The minimum absolute atomic E-state index is 0.0572. The Morgan fingerprint density at radius 1 is 1.33 bits per heavy atom. The lowest BCUT2D eigenvalue weighted by Crippen LogP contribution is -2.22. The number of nitrogens with zero attached hydrogens (tertiary/aromatic N) is 1. The van der Waals surface area contributed by atoms with Crippen molar-refractivity contribution in [2.24, 2.45) is 0 Å². The third-order valence-electron chi connectivity index (χ3n) is 3.00. The normalized spacial score (nSPS) is 10.3. The van der Waals surface area contributed by atoms with Crippen LogP contribution < -0.4 is 5.32 Å². The number of aromatic nitrogens is 2. The maximum absolute atomic E-state index is 11.9. The molecule has 4 nitrogen and oxygen atoms in total. The number of hydrogen-bond acceptors (Lipinski definition) is 2. The fourth-order valence-electron chi connectivity index (χ4n) is 1.72. The first-order valence-corrected chi connectivity index (χ1v) is 6.06. The van der Waals surface area contributed by atoms with E-state index in [4.69, 9.17) is 0 Å². The molecule has 0 saturated carbocycles. The van der Waals surface area contributed by atoms with Crippen molar-refractivity contribution in [2.45, 2.75) is 26.8 Å². The Hall–Kier alpha value is -2.10. The highest BCUT2D eigenvalue weighted by atomic mass is 16.1. The fraction of sp³-hybridized carbons (Fsp3) is 0.286. The van der Waals surface area contributed by atoms with Gasteiger partial charge in [0.15, 0.2) is 0 Å². The summed E-state index contributed by atoms with van der Waals surface area (Å²) in [6.07, 6.45) is 2.71. The van der Waals surface area contributed by atoms with Gasteiger partial charge in [-0.1, -0.05) is 19.1 Å². The van der Waals surface area contributed by atoms with Crippen molar-refractivity contribution in [2.75, 3.05) is 0 Å². The van der Waals surface area contributed by atoms with Gasteiger partial charge in [-0.25, -0.2) is 0 Å². The molecule has 1 heterocycles. The lowest BCUT2D eigenvalue weighted by atomic mass is 10.1. The number of amides is 1. The van der Waals surface area contributed by atoms with Gasteiger partial charge in [0.2, 0.25) is 0 Å². The number of carbonyl (C=O) groups is 1. The summed E-state index contributed by atoms with van der Waals surface area (Å²) in [6, 6.07) is 7.68. The van der Waals surface area contributed by atoms with E-state index in [1.54, 1.807) is 6.20 Å². The Labute approximate surface area is 106 Å². The monoisotopic (exact) mass is 243 g/mol. The summed E-state index contributed by atoms with van der Waals surface area (Å²) in [5.41, 5.74) is 3.91. The number of aryl methyl sites for hydroxylation is 2. The third kappa shape index (κ3) is 2.77. The second-order valence-electron chi connectivity index (χ2n) is 4.25. The van der Waals surface area contributed by atoms with Crippen molar-refractivity contribution in [1.82, 2.24) is 15.5 Å². The van der Waals surface area contributed by atoms with Gasteiger partial charge in [0.1, 0.15) is 0 Å². The first-order chi connectivity index (χ1) is 8.70. The van der Waals surface area contributed by atoms with E-state index >= 15 is 0 Å². The zero-order chi connectivity index (χ0) is 13.0. The van der Waals surface area contributed by atoms with Crippen molar-refractivity contribution < 1.29 is 4.79 Å². The van der Waals surface area contributed by atoms with E-state index in [0.717, 1.165) is 17.7 Å². The summed E-state index contributed by atoms with van der Waals surface area (Å²) in [6.45, 7) is 4.53. The van der Waals surface area contributed by atoms with E-state index in [9.17, 15) is 4.79 Å². The van der Waals surface area contributed by atoms with Gasteiger partial charge in [-0.2, -0.15) is 5.10 Å². The largest absolute Gasteiger partial charge is 0.348 e. The number of carbonyl (C=O) groups excluding carboxylic acids is 1. The molecule has 0 bridgehead atoms. The predicted molar refractivity (Wildman–Crippen MR) is 70.3 cm³/mol. The van der Waals surface area contributed by atoms with E-state index in [-0.39, 0.29) is 5.91 Å². The van der Waals surface area contributed by atoms with Crippen LogP contribution in [0.2, 0.25) is 0 Å². The number of hydrogen-bond donors (Lipinski definition) is 2. The van der Waals surface area contributed by atoms with E-state index in [1.807, 2.05) is 31.2 Å². The smallest absolute Gasteiger partial charge is 0.251 e. The van der Waals surface area contributed by atoms with Crippen LogP contribution in [0.15, 0.2) is 30.5 Å². The van der Waals surface area contributed by atoms with Crippen LogP contribution in [0.5, 0.6) is 0 Å². The molecular weight excluding hydrogens is 226 g/mol. The van der Waals surface area contributed by atoms with Gasteiger partial charge in [-0.15, -0.1) is 0 Å². The molecule has 4 heteroatoms. The SMILES string of the molecule is CCc1ccc(C(=O)NCc2cn[nH]c2C)cc1. The summed E-state index contributed by atoms with van der Waals surface area (Å²) < 4.78 is 0. The molecule has 0 atom stereocenters. The van der Waals surface area contributed by atoms with Crippen molar-refractivity contribution >= 4 is 5.91 Å². The maximum Gasteiger partial charge on any atom is 0.251 e. The molecule has 0 radical (unpaired) electrons. The summed E-state index contributed by atoms with van der Waals surface area (Å²) in [4.78, 5) is 11.9. The quantitative estimate of drug-likeness (QED) is 0.865. The highest BCUT2D eigenvalue weighted by Gasteiger charge is 2.06. The Balaban J connectivity index is 1.97. The van der Waals surface area contributed by atoms with Crippen molar-refractivity contribution in [3.8, 4) is 0 Å². The third-order valence-corrected chi connectivity index (χ3v) is 3.00. The molecule has 0 aliphatic rings. The molecule has 2 aromatic rings. The predicted octanol–water partition coefficient (Wildman–Crippen LogP) is 2.21. The van der Waals surface area contributed by atoms with Crippen molar-refractivity contribution in [1.29, 1.82) is 0 Å². The average molecular weight is 243 g/mol. The van der Waals surface area contributed by atoms with Crippen LogP contribution >= 0.6 is 0 Å². The number of H-pyrrole nitrogens is 1. The average Bonchev–Trinajstić information content (AvgIpc) is 2.81. The van der Waals surface area contributed by atoms with Crippen molar-refractivity contribution in [3.63, 3.8) is 0 Å². The standard InChI is InChI=1S/C14H17N3O/c1-3-11-4-6-12(7-5-11)14(18)15-8-13-9-16-17-10(13)2/h4-7,9H,3,8H2,1-2H3,(H,15,18)(H,16,17). The van der Waals surface area contributed by atoms with E-state index in [2.05, 4.69) is 22.4 Å². The minimum Gasteiger partial charge on any atom is -0.348 e. The minimum atomic E-state index is -0.0572. The van der Waals surface area contributed by atoms with Gasteiger partial charge in [-0.3, -0.25) is 9.89 Å². The van der Waals surface area contributed by atoms with Gasteiger partial charge in [-0.05, 0) is 31.0 Å². The topological polar surface area (TPSA) is 57.8 Å². The zero-order valence-electron chi connectivity index (χ0n) is 10.7. The first kappa shape index (κ1) is 12.4. The molecule has 0 fully saturated rings. The van der Waals surface area contributed by atoms with Crippen LogP contribution in [0.4, 0.5) is 0 Å². The summed E-state index contributed by atoms with van der Waals surface area (Å²) in [5.74, 6) is -0.0572. The van der Waals surface area contributed by atoms with Gasteiger partial charge in [0.25, 0.3) is 5.91 Å². The molecule has 0 unspecified atom stereocenters. The highest BCUT2D eigenvalue weighted by Crippen LogP contribution is 2.06. The Kier molecular flexibility index (Phi) is 3.77. The molecule has 2 rings (SSSR count). The highest BCUT2D eigenvalue weighted by molar-refractivity contribution is 5.94. The van der Waals surface area contributed by atoms with Crippen LogP contribution in [0.3, 0.4) is 0 Å². The Bertz CT molecular complexity index is 528. The molecule has 0 aliphatic carbocycles. The van der Waals surface area contributed by atoms with E-state index < -0.39 is 0 Å². The molecule has 18 heavy (non-hydrogen) atoms. The molecule has 1 aromatic carbocycles. The molecule has 1 aromatic heterocycles. The molecule has 94 valence electrons. The lowest BCUT2D eigenvalue weighted by molar-refractivity contribution is 0.0951. The van der Waals surface area contributed by atoms with Crippen LogP contribution in [-0.4, -0.2) is 16.1 Å². The maximum atomic E-state index is 11.9. The Morgan fingerprint density at radius 3 is 2.61 bits per heavy atom. The first-order valence-electron chi connectivity index (χ1n) is 6.06. The summed E-state index contributed by atoms with van der Waals surface area (Å²) in [7, 11) is 0. The number of benzene rings is 1. The molecule has 2 N–H and O–H groups in total. The molecule has 1 amide bonds. The van der Waals surface area contributed by atoms with Crippen LogP contribution in [0.25, 0.3) is 0 Å². The molecule has 0 saturated heterocycles. The van der Waals surface area contributed by atoms with Crippen LogP contribution in [-0.2, 0) is 13.0 Å². The Morgan fingerprint density at radius 2 is 2.06 bits per heavy atom. The second-order valence-corrected chi connectivity index (χ2v) is 4.25. The van der Waals surface area contributed by atoms with E-state index in [0.29, 0.717) is 12.1 Å². The fourth-order valence-corrected chi connectivity index (χ4v) is 1.72. The van der Waals surface area contributed by atoms with Gasteiger partial charge < -0.3 is 5.32 Å². The number of nitrogens with one attached hydrogen (secondary N) is 2. The van der Waals surface area contributed by atoms with Gasteiger partial charge in [0.05, 0.1) is 6.20 Å². The summed E-state index contributed by atoms with van der Waals surface area (Å²) in [5, 5.41) is 9.65. The lowest BCUT2D eigenvalue weighted by Gasteiger charge is -2.05. The summed E-state index contributed by atoms with van der Waals surface area (Å²) >= 11 is 0. The second kappa shape index (κ2) is 5.49. The number of rotatable bonds is 4. The van der Waals surface area contributed by atoms with Crippen LogP contribution in [0, 0.1) is 6.92 Å². The van der Waals surface area contributed by atoms with E-state index in [1.165, 1.54) is 5.56 Å². The van der Waals surface area contributed by atoms with Crippen LogP contribution in [0.1, 0.15) is 34.1 Å².